The minimum Gasteiger partial charge on any atom is -0.359 e. The summed E-state index contributed by atoms with van der Waals surface area (Å²) in [6.07, 6.45) is 2.09. The molecule has 2 heterocycles. The number of carbonyl (C=O) groups excluding carboxylic acids is 1. The molecule has 0 spiro atoms. The van der Waals surface area contributed by atoms with Crippen LogP contribution >= 0.6 is 0 Å². The van der Waals surface area contributed by atoms with Crippen LogP contribution in [0.15, 0.2) is 40.9 Å². The number of anilines is 1. The van der Waals surface area contributed by atoms with Crippen LogP contribution in [0.1, 0.15) is 30.3 Å². The van der Waals surface area contributed by atoms with E-state index in [2.05, 4.69) is 10.1 Å². The first-order chi connectivity index (χ1) is 10.6. The normalized spacial score (nSPS) is 18.5. The zero-order valence-corrected chi connectivity index (χ0v) is 13.0. The monoisotopic (exact) mass is 299 g/mol. The van der Waals surface area contributed by atoms with E-state index in [1.807, 2.05) is 50.4 Å². The minimum absolute atomic E-state index is 0.0920. The van der Waals surface area contributed by atoms with Gasteiger partial charge >= 0.3 is 0 Å². The van der Waals surface area contributed by atoms with Gasteiger partial charge in [-0.25, -0.2) is 0 Å². The first-order valence-corrected chi connectivity index (χ1v) is 7.64. The standard InChI is InChI=1S/C17H21N3O2/c1-13-11-16(22-18-13)15-9-6-10-20(15)12-17(21)19(2)14-7-4-3-5-8-14/h3-5,7-8,11,15H,6,9-10,12H2,1-2H3. The van der Waals surface area contributed by atoms with Gasteiger partial charge in [-0.2, -0.15) is 0 Å². The molecule has 0 radical (unpaired) electrons. The van der Waals surface area contributed by atoms with Crippen LogP contribution < -0.4 is 4.90 Å². The Morgan fingerprint density at radius 3 is 2.86 bits per heavy atom. The highest BCUT2D eigenvalue weighted by Crippen LogP contribution is 2.32. The maximum atomic E-state index is 12.5. The van der Waals surface area contributed by atoms with Gasteiger partial charge in [0.2, 0.25) is 5.91 Å². The van der Waals surface area contributed by atoms with Crippen molar-refractivity contribution < 1.29 is 9.32 Å². The zero-order valence-electron chi connectivity index (χ0n) is 13.0. The Bertz CT molecular complexity index is 638. The predicted octanol–water partition coefficient (Wildman–Crippen LogP) is 2.78. The average molecular weight is 299 g/mol. The zero-order chi connectivity index (χ0) is 15.5. The van der Waals surface area contributed by atoms with Crippen molar-refractivity contribution in [1.29, 1.82) is 0 Å². The molecule has 0 aliphatic carbocycles. The minimum atomic E-state index is 0.0920. The van der Waals surface area contributed by atoms with Crippen LogP contribution in [0.25, 0.3) is 0 Å². The Hall–Kier alpha value is -2.14. The summed E-state index contributed by atoms with van der Waals surface area (Å²) < 4.78 is 5.39. The molecule has 2 aromatic rings. The lowest BCUT2D eigenvalue weighted by Crippen LogP contribution is -2.38. The van der Waals surface area contributed by atoms with Crippen LogP contribution in [0, 0.1) is 6.92 Å². The highest BCUT2D eigenvalue weighted by atomic mass is 16.5. The first kappa shape index (κ1) is 14.8. The van der Waals surface area contributed by atoms with Gasteiger partial charge in [-0.15, -0.1) is 0 Å². The summed E-state index contributed by atoms with van der Waals surface area (Å²) in [5.41, 5.74) is 1.80. The lowest BCUT2D eigenvalue weighted by Gasteiger charge is -2.25. The van der Waals surface area contributed by atoms with Crippen molar-refractivity contribution in [2.24, 2.45) is 0 Å². The van der Waals surface area contributed by atoms with Crippen molar-refractivity contribution in [1.82, 2.24) is 10.1 Å². The quantitative estimate of drug-likeness (QED) is 0.871. The number of amides is 1. The second kappa shape index (κ2) is 6.32. The van der Waals surface area contributed by atoms with Crippen molar-refractivity contribution in [2.75, 3.05) is 25.0 Å². The number of carbonyl (C=O) groups is 1. The van der Waals surface area contributed by atoms with Crippen LogP contribution in [-0.2, 0) is 4.79 Å². The third-order valence-electron chi connectivity index (χ3n) is 4.19. The molecule has 1 fully saturated rings. The van der Waals surface area contributed by atoms with E-state index in [0.29, 0.717) is 6.54 Å². The number of hydrogen-bond donors (Lipinski definition) is 0. The molecule has 1 aromatic carbocycles. The average Bonchev–Trinajstić information content (AvgIpc) is 3.16. The Morgan fingerprint density at radius 1 is 1.41 bits per heavy atom. The number of para-hydroxylation sites is 1. The summed E-state index contributed by atoms with van der Waals surface area (Å²) in [6.45, 7) is 3.23. The van der Waals surface area contributed by atoms with Crippen molar-refractivity contribution in [3.63, 3.8) is 0 Å². The van der Waals surface area contributed by atoms with Crippen molar-refractivity contribution in [3.05, 3.63) is 47.9 Å². The maximum Gasteiger partial charge on any atom is 0.240 e. The molecule has 1 amide bonds. The highest BCUT2D eigenvalue weighted by Gasteiger charge is 2.31. The topological polar surface area (TPSA) is 49.6 Å². The van der Waals surface area contributed by atoms with E-state index in [1.165, 1.54) is 0 Å². The molecule has 1 aliphatic heterocycles. The van der Waals surface area contributed by atoms with Crippen LogP contribution in [0.3, 0.4) is 0 Å². The van der Waals surface area contributed by atoms with Gasteiger partial charge in [0, 0.05) is 18.8 Å². The Balaban J connectivity index is 1.68. The van der Waals surface area contributed by atoms with Gasteiger partial charge in [0.15, 0.2) is 5.76 Å². The molecular weight excluding hydrogens is 278 g/mol. The van der Waals surface area contributed by atoms with E-state index < -0.39 is 0 Å². The summed E-state index contributed by atoms with van der Waals surface area (Å²) in [4.78, 5) is 16.4. The van der Waals surface area contributed by atoms with E-state index in [4.69, 9.17) is 4.52 Å². The largest absolute Gasteiger partial charge is 0.359 e. The molecule has 5 nitrogen and oxygen atoms in total. The number of aromatic nitrogens is 1. The van der Waals surface area contributed by atoms with E-state index in [0.717, 1.165) is 36.5 Å². The highest BCUT2D eigenvalue weighted by molar-refractivity contribution is 5.94. The molecule has 1 aliphatic rings. The molecule has 1 aromatic heterocycles. The lowest BCUT2D eigenvalue weighted by atomic mass is 10.1. The van der Waals surface area contributed by atoms with Crippen molar-refractivity contribution >= 4 is 11.6 Å². The summed E-state index contributed by atoms with van der Waals surface area (Å²) >= 11 is 0. The molecule has 3 rings (SSSR count). The van der Waals surface area contributed by atoms with Gasteiger partial charge in [-0.1, -0.05) is 23.4 Å². The molecule has 1 atom stereocenters. The molecule has 1 unspecified atom stereocenters. The molecule has 0 saturated carbocycles. The second-order valence-electron chi connectivity index (χ2n) is 5.79. The Labute approximate surface area is 130 Å². The number of rotatable bonds is 4. The second-order valence-corrected chi connectivity index (χ2v) is 5.79. The van der Waals surface area contributed by atoms with Crippen molar-refractivity contribution in [2.45, 2.75) is 25.8 Å². The van der Waals surface area contributed by atoms with Gasteiger partial charge < -0.3 is 9.42 Å². The molecule has 1 saturated heterocycles. The fourth-order valence-electron chi connectivity index (χ4n) is 2.95. The fourth-order valence-corrected chi connectivity index (χ4v) is 2.95. The number of likely N-dealkylation sites (tertiary alicyclic amines) is 1. The summed E-state index contributed by atoms with van der Waals surface area (Å²) in [6, 6.07) is 11.8. The number of aryl methyl sites for hydroxylation is 1. The van der Waals surface area contributed by atoms with Crippen LogP contribution in [0.4, 0.5) is 5.69 Å². The number of hydrogen-bond acceptors (Lipinski definition) is 4. The Kier molecular flexibility index (Phi) is 4.24. The third-order valence-corrected chi connectivity index (χ3v) is 4.19. The molecule has 0 bridgehead atoms. The first-order valence-electron chi connectivity index (χ1n) is 7.64. The van der Waals surface area contributed by atoms with E-state index in [1.54, 1.807) is 4.90 Å². The predicted molar refractivity (Wildman–Crippen MR) is 84.6 cm³/mol. The number of nitrogens with zero attached hydrogens (tertiary/aromatic N) is 3. The molecule has 22 heavy (non-hydrogen) atoms. The van der Waals surface area contributed by atoms with Gasteiger partial charge in [-0.3, -0.25) is 9.69 Å². The molecule has 0 N–H and O–H groups in total. The van der Waals surface area contributed by atoms with Crippen molar-refractivity contribution in [3.8, 4) is 0 Å². The molecular formula is C17H21N3O2. The molecule has 5 heteroatoms. The SMILES string of the molecule is Cc1cc(C2CCCN2CC(=O)N(C)c2ccccc2)on1. The third kappa shape index (κ3) is 3.04. The van der Waals surface area contributed by atoms with Gasteiger partial charge in [0.1, 0.15) is 0 Å². The van der Waals surface area contributed by atoms with Crippen LogP contribution in [0.5, 0.6) is 0 Å². The lowest BCUT2D eigenvalue weighted by molar-refractivity contribution is -0.119. The van der Waals surface area contributed by atoms with Gasteiger partial charge in [0.05, 0.1) is 18.3 Å². The number of benzene rings is 1. The van der Waals surface area contributed by atoms with E-state index in [-0.39, 0.29) is 11.9 Å². The van der Waals surface area contributed by atoms with Gasteiger partial charge in [0.25, 0.3) is 0 Å². The van der Waals surface area contributed by atoms with Crippen LogP contribution in [-0.4, -0.2) is 36.1 Å². The van der Waals surface area contributed by atoms with E-state index >= 15 is 0 Å². The summed E-state index contributed by atoms with van der Waals surface area (Å²) in [7, 11) is 1.82. The van der Waals surface area contributed by atoms with E-state index in [9.17, 15) is 4.79 Å². The summed E-state index contributed by atoms with van der Waals surface area (Å²) in [5.74, 6) is 0.958. The smallest absolute Gasteiger partial charge is 0.240 e. The Morgan fingerprint density at radius 2 is 2.18 bits per heavy atom. The molecule has 116 valence electrons. The number of likely N-dealkylation sites (N-methyl/N-ethyl adjacent to an activating group) is 1. The maximum absolute atomic E-state index is 12.5. The van der Waals surface area contributed by atoms with Crippen LogP contribution in [0.2, 0.25) is 0 Å². The van der Waals surface area contributed by atoms with Gasteiger partial charge in [-0.05, 0) is 38.4 Å². The summed E-state index contributed by atoms with van der Waals surface area (Å²) in [5, 5.41) is 3.96. The fraction of sp³-hybridized carbons (Fsp3) is 0.412.